The van der Waals surface area contributed by atoms with Gasteiger partial charge in [-0.2, -0.15) is 17.4 Å². The summed E-state index contributed by atoms with van der Waals surface area (Å²) in [6, 6.07) is -0.0142. The molecule has 0 aromatic carbocycles. The summed E-state index contributed by atoms with van der Waals surface area (Å²) in [7, 11) is -1.42. The highest BCUT2D eigenvalue weighted by Crippen LogP contribution is 2.19. The van der Waals surface area contributed by atoms with Crippen molar-refractivity contribution >= 4 is 10.2 Å². The van der Waals surface area contributed by atoms with Crippen molar-refractivity contribution in [3.63, 3.8) is 0 Å². The molecule has 1 rings (SSSR count). The van der Waals surface area contributed by atoms with Crippen molar-refractivity contribution in [3.8, 4) is 0 Å². The van der Waals surface area contributed by atoms with Crippen LogP contribution < -0.4 is 10.0 Å². The maximum Gasteiger partial charge on any atom is 0.279 e. The molecule has 2 N–H and O–H groups in total. The van der Waals surface area contributed by atoms with Crippen molar-refractivity contribution in [2.45, 2.75) is 46.1 Å². The number of hydrogen-bond acceptors (Lipinski definition) is 3. The number of nitrogens with one attached hydrogen (secondary N) is 2. The molecule has 114 valence electrons. The third-order valence-electron chi connectivity index (χ3n) is 4.15. The molecule has 1 aliphatic rings. The Bertz CT molecular complexity index is 357. The van der Waals surface area contributed by atoms with Crippen LogP contribution in [0.4, 0.5) is 0 Å². The van der Waals surface area contributed by atoms with E-state index in [-0.39, 0.29) is 6.04 Å². The van der Waals surface area contributed by atoms with Crippen molar-refractivity contribution < 1.29 is 8.42 Å². The normalized spacial score (nSPS) is 25.2. The fourth-order valence-electron chi connectivity index (χ4n) is 2.48. The molecule has 0 aromatic heterocycles. The van der Waals surface area contributed by atoms with Crippen molar-refractivity contribution in [1.29, 1.82) is 0 Å². The number of nitrogens with zero attached hydrogens (tertiary/aromatic N) is 1. The van der Waals surface area contributed by atoms with Gasteiger partial charge >= 0.3 is 0 Å². The van der Waals surface area contributed by atoms with Gasteiger partial charge in [0.05, 0.1) is 0 Å². The second-order valence-electron chi connectivity index (χ2n) is 5.72. The summed E-state index contributed by atoms with van der Waals surface area (Å²) in [6.07, 6.45) is 3.03. The first-order chi connectivity index (χ1) is 8.90. The minimum absolute atomic E-state index is 0.0142. The van der Waals surface area contributed by atoms with Crippen LogP contribution >= 0.6 is 0 Å². The molecule has 1 heterocycles. The Morgan fingerprint density at radius 1 is 1.37 bits per heavy atom. The summed E-state index contributed by atoms with van der Waals surface area (Å²) >= 11 is 0. The van der Waals surface area contributed by atoms with Crippen LogP contribution in [0.1, 0.15) is 40.0 Å². The monoisotopic (exact) mass is 291 g/mol. The lowest BCUT2D eigenvalue weighted by atomic mass is 10.00. The molecular formula is C13H29N3O2S. The number of rotatable bonds is 7. The average molecular weight is 291 g/mol. The summed E-state index contributed by atoms with van der Waals surface area (Å²) in [5.74, 6) is 0.780. The largest absolute Gasteiger partial charge is 0.319 e. The van der Waals surface area contributed by atoms with Crippen molar-refractivity contribution in [3.05, 3.63) is 0 Å². The molecule has 0 bridgehead atoms. The lowest BCUT2D eigenvalue weighted by Gasteiger charge is -2.33. The number of hydrogen-bond donors (Lipinski definition) is 2. The van der Waals surface area contributed by atoms with E-state index in [1.807, 2.05) is 14.0 Å². The van der Waals surface area contributed by atoms with E-state index in [0.717, 1.165) is 25.8 Å². The fourth-order valence-corrected chi connectivity index (χ4v) is 4.11. The average Bonchev–Trinajstić information content (AvgIpc) is 2.38. The maximum atomic E-state index is 12.4. The van der Waals surface area contributed by atoms with E-state index in [2.05, 4.69) is 23.9 Å². The zero-order valence-corrected chi connectivity index (χ0v) is 13.5. The van der Waals surface area contributed by atoms with Crippen molar-refractivity contribution in [2.24, 2.45) is 11.8 Å². The zero-order valence-electron chi connectivity index (χ0n) is 12.6. The smallest absolute Gasteiger partial charge is 0.279 e. The van der Waals surface area contributed by atoms with Gasteiger partial charge < -0.3 is 5.32 Å². The molecule has 0 aromatic rings. The van der Waals surface area contributed by atoms with Gasteiger partial charge in [0.2, 0.25) is 0 Å². The SMILES string of the molecule is CCC(C)C(C)NS(=O)(=O)N1CCCC(CNC)C1. The molecule has 0 amide bonds. The summed E-state index contributed by atoms with van der Waals surface area (Å²) in [6.45, 7) is 8.26. The number of piperidine rings is 1. The summed E-state index contributed by atoms with van der Waals surface area (Å²) in [5, 5.41) is 3.14. The van der Waals surface area contributed by atoms with E-state index in [0.29, 0.717) is 24.9 Å². The summed E-state index contributed by atoms with van der Waals surface area (Å²) in [4.78, 5) is 0. The predicted octanol–water partition coefficient (Wildman–Crippen LogP) is 1.19. The molecule has 0 spiro atoms. The maximum absolute atomic E-state index is 12.4. The van der Waals surface area contributed by atoms with Crippen molar-refractivity contribution in [1.82, 2.24) is 14.3 Å². The van der Waals surface area contributed by atoms with Crippen LogP contribution in [0.5, 0.6) is 0 Å². The topological polar surface area (TPSA) is 61.4 Å². The van der Waals surface area contributed by atoms with Crippen LogP contribution in [0.25, 0.3) is 0 Å². The highest BCUT2D eigenvalue weighted by molar-refractivity contribution is 7.87. The van der Waals surface area contributed by atoms with Crippen LogP contribution in [-0.4, -0.2) is 45.4 Å². The molecule has 3 atom stereocenters. The Morgan fingerprint density at radius 3 is 2.63 bits per heavy atom. The van der Waals surface area contributed by atoms with Gasteiger partial charge in [0.1, 0.15) is 0 Å². The highest BCUT2D eigenvalue weighted by Gasteiger charge is 2.30. The third-order valence-corrected chi connectivity index (χ3v) is 5.83. The molecule has 1 aliphatic heterocycles. The van der Waals surface area contributed by atoms with Crippen LogP contribution in [0.3, 0.4) is 0 Å². The van der Waals surface area contributed by atoms with Gasteiger partial charge in [0.25, 0.3) is 10.2 Å². The van der Waals surface area contributed by atoms with E-state index in [1.54, 1.807) is 4.31 Å². The van der Waals surface area contributed by atoms with Gasteiger partial charge in [-0.15, -0.1) is 0 Å². The molecule has 1 fully saturated rings. The minimum Gasteiger partial charge on any atom is -0.319 e. The fraction of sp³-hybridized carbons (Fsp3) is 1.00. The zero-order chi connectivity index (χ0) is 14.5. The van der Waals surface area contributed by atoms with Crippen LogP contribution in [0, 0.1) is 11.8 Å². The van der Waals surface area contributed by atoms with Gasteiger partial charge in [0, 0.05) is 19.1 Å². The van der Waals surface area contributed by atoms with E-state index in [4.69, 9.17) is 0 Å². The Morgan fingerprint density at radius 2 is 2.05 bits per heavy atom. The predicted molar refractivity (Wildman–Crippen MR) is 79.2 cm³/mol. The second kappa shape index (κ2) is 7.57. The van der Waals surface area contributed by atoms with Gasteiger partial charge in [-0.1, -0.05) is 20.3 Å². The lowest BCUT2D eigenvalue weighted by Crippen LogP contribution is -2.50. The molecule has 1 saturated heterocycles. The summed E-state index contributed by atoms with van der Waals surface area (Å²) in [5.41, 5.74) is 0. The Balaban J connectivity index is 2.61. The first kappa shape index (κ1) is 16.9. The Hall–Kier alpha value is -0.170. The van der Waals surface area contributed by atoms with Crippen LogP contribution in [-0.2, 0) is 10.2 Å². The van der Waals surface area contributed by atoms with Gasteiger partial charge in [-0.25, -0.2) is 0 Å². The molecule has 0 radical (unpaired) electrons. The molecule has 5 nitrogen and oxygen atoms in total. The lowest BCUT2D eigenvalue weighted by molar-refractivity contribution is 0.258. The second-order valence-corrected chi connectivity index (χ2v) is 7.42. The van der Waals surface area contributed by atoms with E-state index in [1.165, 1.54) is 0 Å². The van der Waals surface area contributed by atoms with Crippen LogP contribution in [0.2, 0.25) is 0 Å². The molecule has 0 aliphatic carbocycles. The summed E-state index contributed by atoms with van der Waals surface area (Å²) < 4.78 is 29.1. The molecule has 3 unspecified atom stereocenters. The van der Waals surface area contributed by atoms with E-state index >= 15 is 0 Å². The molecule has 19 heavy (non-hydrogen) atoms. The van der Waals surface area contributed by atoms with Crippen LogP contribution in [0.15, 0.2) is 0 Å². The first-order valence-corrected chi connectivity index (χ1v) is 8.76. The Kier molecular flexibility index (Phi) is 6.73. The van der Waals surface area contributed by atoms with Gasteiger partial charge in [-0.3, -0.25) is 0 Å². The first-order valence-electron chi connectivity index (χ1n) is 7.32. The van der Waals surface area contributed by atoms with Crippen molar-refractivity contribution in [2.75, 3.05) is 26.7 Å². The standard InChI is InChI=1S/C13H29N3O2S/c1-5-11(2)12(3)15-19(17,18)16-8-6-7-13(10-16)9-14-4/h11-15H,5-10H2,1-4H3. The molecule has 6 heteroatoms. The third kappa shape index (κ3) is 5.02. The minimum atomic E-state index is -3.33. The van der Waals surface area contributed by atoms with E-state index < -0.39 is 10.2 Å². The van der Waals surface area contributed by atoms with Gasteiger partial charge in [0.15, 0.2) is 0 Å². The van der Waals surface area contributed by atoms with E-state index in [9.17, 15) is 8.42 Å². The quantitative estimate of drug-likeness (QED) is 0.740. The van der Waals surface area contributed by atoms with Gasteiger partial charge in [-0.05, 0) is 45.2 Å². The molecular weight excluding hydrogens is 262 g/mol. The highest BCUT2D eigenvalue weighted by atomic mass is 32.2. The Labute approximate surface area is 118 Å². The molecule has 0 saturated carbocycles.